The van der Waals surface area contributed by atoms with Crippen LogP contribution >= 0.6 is 0 Å². The Hall–Kier alpha value is -2.63. The van der Waals surface area contributed by atoms with E-state index in [0.717, 1.165) is 24.3 Å². The third kappa shape index (κ3) is 2.62. The van der Waals surface area contributed by atoms with Crippen LogP contribution in [-0.4, -0.2) is 11.0 Å². The molecule has 6 heteroatoms. The number of hydrogen-bond acceptors (Lipinski definition) is 3. The molecule has 4 nitrogen and oxygen atoms in total. The molecule has 0 heterocycles. The highest BCUT2D eigenvalue weighted by Gasteiger charge is 2.15. The van der Waals surface area contributed by atoms with E-state index >= 15 is 0 Å². The van der Waals surface area contributed by atoms with Gasteiger partial charge in [0.15, 0.2) is 0 Å². The van der Waals surface area contributed by atoms with E-state index in [1.807, 2.05) is 0 Å². The van der Waals surface area contributed by atoms with Crippen molar-refractivity contribution in [2.24, 2.45) is 0 Å². The maximum absolute atomic E-state index is 13.5. The SMILES string of the molecule is Nc1cccc(F)c1NC(=O)c1ccc(O)cc1F. The number of benzene rings is 2. The van der Waals surface area contributed by atoms with Gasteiger partial charge in [-0.3, -0.25) is 4.79 Å². The molecule has 19 heavy (non-hydrogen) atoms. The van der Waals surface area contributed by atoms with Crippen LogP contribution in [0, 0.1) is 11.6 Å². The fraction of sp³-hybridized carbons (Fsp3) is 0. The van der Waals surface area contributed by atoms with Gasteiger partial charge in [-0.05, 0) is 24.3 Å². The van der Waals surface area contributed by atoms with E-state index in [0.29, 0.717) is 0 Å². The minimum absolute atomic E-state index is 0.0348. The molecule has 0 bridgehead atoms. The summed E-state index contributed by atoms with van der Waals surface area (Å²) in [5, 5.41) is 11.2. The van der Waals surface area contributed by atoms with Gasteiger partial charge in [0, 0.05) is 6.07 Å². The van der Waals surface area contributed by atoms with Gasteiger partial charge in [0.2, 0.25) is 0 Å². The van der Waals surface area contributed by atoms with Crippen molar-refractivity contribution in [2.75, 3.05) is 11.1 Å². The molecule has 0 unspecified atom stereocenters. The molecule has 0 radical (unpaired) electrons. The van der Waals surface area contributed by atoms with Crippen LogP contribution in [0.3, 0.4) is 0 Å². The first-order chi connectivity index (χ1) is 8.99. The maximum Gasteiger partial charge on any atom is 0.258 e. The van der Waals surface area contributed by atoms with Gasteiger partial charge in [-0.2, -0.15) is 0 Å². The van der Waals surface area contributed by atoms with Crippen molar-refractivity contribution in [1.82, 2.24) is 0 Å². The smallest absolute Gasteiger partial charge is 0.258 e. The second kappa shape index (κ2) is 4.93. The first-order valence-electron chi connectivity index (χ1n) is 5.33. The molecule has 2 aromatic rings. The molecule has 0 atom stereocenters. The van der Waals surface area contributed by atoms with Gasteiger partial charge in [0.25, 0.3) is 5.91 Å². The molecule has 0 saturated carbocycles. The van der Waals surface area contributed by atoms with Gasteiger partial charge in [0.1, 0.15) is 23.1 Å². The molecule has 0 fully saturated rings. The second-order valence-electron chi connectivity index (χ2n) is 3.82. The average molecular weight is 264 g/mol. The first-order valence-corrected chi connectivity index (χ1v) is 5.33. The highest BCUT2D eigenvalue weighted by molar-refractivity contribution is 6.06. The topological polar surface area (TPSA) is 75.3 Å². The summed E-state index contributed by atoms with van der Waals surface area (Å²) >= 11 is 0. The number of anilines is 2. The summed E-state index contributed by atoms with van der Waals surface area (Å²) in [4.78, 5) is 11.8. The molecule has 2 aromatic carbocycles. The predicted octanol–water partition coefficient (Wildman–Crippen LogP) is 2.50. The van der Waals surface area contributed by atoms with E-state index in [-0.39, 0.29) is 22.7 Å². The fourth-order valence-corrected chi connectivity index (χ4v) is 1.54. The van der Waals surface area contributed by atoms with Crippen LogP contribution in [0.1, 0.15) is 10.4 Å². The molecule has 0 spiro atoms. The van der Waals surface area contributed by atoms with Crippen molar-refractivity contribution in [3.63, 3.8) is 0 Å². The van der Waals surface area contributed by atoms with Crippen LogP contribution < -0.4 is 11.1 Å². The number of carbonyl (C=O) groups is 1. The molecule has 4 N–H and O–H groups in total. The van der Waals surface area contributed by atoms with Crippen molar-refractivity contribution in [1.29, 1.82) is 0 Å². The minimum Gasteiger partial charge on any atom is -0.508 e. The third-order valence-corrected chi connectivity index (χ3v) is 2.48. The number of halogens is 2. The predicted molar refractivity (Wildman–Crippen MR) is 66.8 cm³/mol. The zero-order chi connectivity index (χ0) is 14.0. The minimum atomic E-state index is -0.910. The van der Waals surface area contributed by atoms with Crippen LogP contribution in [0.2, 0.25) is 0 Å². The molecule has 0 aromatic heterocycles. The number of amides is 1. The van der Waals surface area contributed by atoms with Gasteiger partial charge in [-0.25, -0.2) is 8.78 Å². The van der Waals surface area contributed by atoms with E-state index in [1.54, 1.807) is 0 Å². The summed E-state index contributed by atoms with van der Waals surface area (Å²) in [6.45, 7) is 0. The van der Waals surface area contributed by atoms with E-state index in [2.05, 4.69) is 5.32 Å². The number of hydrogen-bond donors (Lipinski definition) is 3. The van der Waals surface area contributed by atoms with E-state index in [1.165, 1.54) is 12.1 Å². The van der Waals surface area contributed by atoms with E-state index in [9.17, 15) is 13.6 Å². The molecule has 1 amide bonds. The van der Waals surface area contributed by atoms with Crippen LogP contribution in [0.15, 0.2) is 36.4 Å². The number of para-hydroxylation sites is 1. The largest absolute Gasteiger partial charge is 0.508 e. The zero-order valence-corrected chi connectivity index (χ0v) is 9.65. The van der Waals surface area contributed by atoms with Crippen LogP contribution in [-0.2, 0) is 0 Å². The molecule has 0 saturated heterocycles. The number of aromatic hydroxyl groups is 1. The number of phenolic OH excluding ortho intramolecular Hbond substituents is 1. The van der Waals surface area contributed by atoms with Gasteiger partial charge in [-0.1, -0.05) is 6.07 Å². The maximum atomic E-state index is 13.5. The monoisotopic (exact) mass is 264 g/mol. The summed E-state index contributed by atoms with van der Waals surface area (Å²) in [6.07, 6.45) is 0. The number of nitrogen functional groups attached to an aromatic ring is 1. The summed E-state index contributed by atoms with van der Waals surface area (Å²) in [7, 11) is 0. The van der Waals surface area contributed by atoms with Crippen LogP contribution in [0.25, 0.3) is 0 Å². The van der Waals surface area contributed by atoms with Crippen molar-refractivity contribution in [3.8, 4) is 5.75 Å². The highest BCUT2D eigenvalue weighted by Crippen LogP contribution is 2.23. The summed E-state index contributed by atoms with van der Waals surface area (Å²) < 4.78 is 26.9. The Kier molecular flexibility index (Phi) is 3.33. The lowest BCUT2D eigenvalue weighted by molar-refractivity contribution is 0.102. The van der Waals surface area contributed by atoms with E-state index in [4.69, 9.17) is 10.8 Å². The number of nitrogens with two attached hydrogens (primary N) is 1. The number of nitrogens with one attached hydrogen (secondary N) is 1. The molecular weight excluding hydrogens is 254 g/mol. The van der Waals surface area contributed by atoms with Crippen molar-refractivity contribution >= 4 is 17.3 Å². The lowest BCUT2D eigenvalue weighted by Crippen LogP contribution is -2.15. The fourth-order valence-electron chi connectivity index (χ4n) is 1.54. The summed E-state index contributed by atoms with van der Waals surface area (Å²) in [6, 6.07) is 6.96. The zero-order valence-electron chi connectivity index (χ0n) is 9.65. The average Bonchev–Trinajstić information content (AvgIpc) is 2.33. The normalized spacial score (nSPS) is 10.2. The summed E-state index contributed by atoms with van der Waals surface area (Å²) in [5.74, 6) is -2.78. The van der Waals surface area contributed by atoms with Crippen LogP contribution in [0.5, 0.6) is 5.75 Å². The molecule has 0 aliphatic heterocycles. The Labute approximate surface area is 107 Å². The molecule has 0 aliphatic rings. The Morgan fingerprint density at radius 1 is 1.16 bits per heavy atom. The number of rotatable bonds is 2. The number of carbonyl (C=O) groups excluding carboxylic acids is 1. The standard InChI is InChI=1S/C13H10F2N2O2/c14-9-2-1-3-11(16)12(9)17-13(19)8-5-4-7(18)6-10(8)15/h1-6,18H,16H2,(H,17,19). The highest BCUT2D eigenvalue weighted by atomic mass is 19.1. The Morgan fingerprint density at radius 2 is 1.89 bits per heavy atom. The van der Waals surface area contributed by atoms with Crippen molar-refractivity contribution in [2.45, 2.75) is 0 Å². The van der Waals surface area contributed by atoms with Gasteiger partial charge < -0.3 is 16.2 Å². The molecular formula is C13H10F2N2O2. The number of phenols is 1. The second-order valence-corrected chi connectivity index (χ2v) is 3.82. The molecule has 98 valence electrons. The Balaban J connectivity index is 2.31. The lowest BCUT2D eigenvalue weighted by atomic mass is 10.1. The quantitative estimate of drug-likeness (QED) is 0.729. The Morgan fingerprint density at radius 3 is 2.53 bits per heavy atom. The first kappa shape index (κ1) is 12.8. The molecule has 0 aliphatic carbocycles. The molecule has 2 rings (SSSR count). The summed E-state index contributed by atoms with van der Waals surface area (Å²) in [5.41, 5.74) is 5.03. The van der Waals surface area contributed by atoms with Crippen LogP contribution in [0.4, 0.5) is 20.2 Å². The lowest BCUT2D eigenvalue weighted by Gasteiger charge is -2.09. The van der Waals surface area contributed by atoms with Crippen molar-refractivity contribution in [3.05, 3.63) is 53.6 Å². The van der Waals surface area contributed by atoms with Gasteiger partial charge in [0.05, 0.1) is 11.3 Å². The third-order valence-electron chi connectivity index (χ3n) is 2.48. The van der Waals surface area contributed by atoms with Crippen molar-refractivity contribution < 1.29 is 18.7 Å². The van der Waals surface area contributed by atoms with Gasteiger partial charge >= 0.3 is 0 Å². The Bertz CT molecular complexity index is 624. The van der Waals surface area contributed by atoms with Gasteiger partial charge in [-0.15, -0.1) is 0 Å². The van der Waals surface area contributed by atoms with E-state index < -0.39 is 17.5 Å².